The van der Waals surface area contributed by atoms with Gasteiger partial charge in [0, 0.05) is 13.1 Å². The number of aliphatic hydroxyl groups excluding tert-OH is 1. The van der Waals surface area contributed by atoms with Crippen LogP contribution in [0.3, 0.4) is 0 Å². The second-order valence-electron chi connectivity index (χ2n) is 3.63. The Bertz CT molecular complexity index is 258. The molecule has 2 atom stereocenters. The van der Waals surface area contributed by atoms with Crippen molar-refractivity contribution in [1.29, 1.82) is 0 Å². The number of nitrogens with zero attached hydrogens (tertiary/aromatic N) is 1. The second kappa shape index (κ2) is 3.52. The molecule has 2 unspecified atom stereocenters. The molecular weight excluding hydrogens is 166 g/mol. The van der Waals surface area contributed by atoms with E-state index in [0.717, 1.165) is 25.3 Å². The molecule has 3 nitrogen and oxygen atoms in total. The van der Waals surface area contributed by atoms with Gasteiger partial charge in [-0.2, -0.15) is 0 Å². The van der Waals surface area contributed by atoms with Gasteiger partial charge < -0.3 is 9.52 Å². The van der Waals surface area contributed by atoms with Crippen molar-refractivity contribution in [1.82, 2.24) is 4.90 Å². The number of furan rings is 1. The van der Waals surface area contributed by atoms with Crippen LogP contribution in [-0.2, 0) is 0 Å². The number of β-amino-alcohol motifs (C(OH)–C–C–N with tert-alkyl or cyclic N) is 1. The van der Waals surface area contributed by atoms with Crippen LogP contribution >= 0.6 is 0 Å². The Hall–Kier alpha value is -0.800. The lowest BCUT2D eigenvalue weighted by molar-refractivity contribution is 0.156. The lowest BCUT2D eigenvalue weighted by Crippen LogP contribution is -2.25. The Morgan fingerprint density at radius 1 is 1.69 bits per heavy atom. The van der Waals surface area contributed by atoms with E-state index in [1.165, 1.54) is 0 Å². The molecule has 2 rings (SSSR count). The standard InChI is InChI=1S/C10H15NO2/c1-8(10-3-2-6-13-10)11-5-4-9(12)7-11/h2-3,6,8-9,12H,4-5,7H2,1H3. The lowest BCUT2D eigenvalue weighted by atomic mass is 10.2. The van der Waals surface area contributed by atoms with E-state index in [1.54, 1.807) is 6.26 Å². The van der Waals surface area contributed by atoms with E-state index in [2.05, 4.69) is 11.8 Å². The Morgan fingerprint density at radius 2 is 2.54 bits per heavy atom. The van der Waals surface area contributed by atoms with Crippen LogP contribution in [0.2, 0.25) is 0 Å². The van der Waals surface area contributed by atoms with E-state index in [1.807, 2.05) is 12.1 Å². The van der Waals surface area contributed by atoms with Crippen molar-refractivity contribution in [2.24, 2.45) is 0 Å². The minimum atomic E-state index is -0.155. The zero-order chi connectivity index (χ0) is 9.26. The third-order valence-electron chi connectivity index (χ3n) is 2.70. The van der Waals surface area contributed by atoms with Crippen molar-refractivity contribution in [3.63, 3.8) is 0 Å². The van der Waals surface area contributed by atoms with E-state index in [0.29, 0.717) is 0 Å². The Morgan fingerprint density at radius 3 is 3.08 bits per heavy atom. The van der Waals surface area contributed by atoms with E-state index in [-0.39, 0.29) is 12.1 Å². The Kier molecular flexibility index (Phi) is 2.38. The lowest BCUT2D eigenvalue weighted by Gasteiger charge is -2.21. The second-order valence-corrected chi connectivity index (χ2v) is 3.63. The fourth-order valence-corrected chi connectivity index (χ4v) is 1.83. The van der Waals surface area contributed by atoms with Gasteiger partial charge in [0.25, 0.3) is 0 Å². The highest BCUT2D eigenvalue weighted by Crippen LogP contribution is 2.24. The van der Waals surface area contributed by atoms with Crippen LogP contribution in [0.4, 0.5) is 0 Å². The quantitative estimate of drug-likeness (QED) is 0.749. The number of aliphatic hydroxyl groups is 1. The highest BCUT2D eigenvalue weighted by molar-refractivity contribution is 5.04. The number of hydrogen-bond donors (Lipinski definition) is 1. The first-order valence-electron chi connectivity index (χ1n) is 4.73. The zero-order valence-electron chi connectivity index (χ0n) is 7.81. The van der Waals surface area contributed by atoms with E-state index >= 15 is 0 Å². The highest BCUT2D eigenvalue weighted by atomic mass is 16.3. The predicted octanol–water partition coefficient (Wildman–Crippen LogP) is 1.41. The van der Waals surface area contributed by atoms with Crippen LogP contribution in [-0.4, -0.2) is 29.2 Å². The summed E-state index contributed by atoms with van der Waals surface area (Å²) in [4.78, 5) is 2.24. The highest BCUT2D eigenvalue weighted by Gasteiger charge is 2.26. The fraction of sp³-hybridized carbons (Fsp3) is 0.600. The van der Waals surface area contributed by atoms with Crippen molar-refractivity contribution < 1.29 is 9.52 Å². The first kappa shape index (κ1) is 8.78. The molecule has 1 fully saturated rings. The number of rotatable bonds is 2. The van der Waals surface area contributed by atoms with Gasteiger partial charge in [-0.25, -0.2) is 0 Å². The topological polar surface area (TPSA) is 36.6 Å². The van der Waals surface area contributed by atoms with E-state index in [4.69, 9.17) is 4.42 Å². The third kappa shape index (κ3) is 1.76. The van der Waals surface area contributed by atoms with Gasteiger partial charge in [-0.1, -0.05) is 0 Å². The van der Waals surface area contributed by atoms with Crippen LogP contribution in [0.25, 0.3) is 0 Å². The summed E-state index contributed by atoms with van der Waals surface area (Å²) in [6.07, 6.45) is 2.42. The fourth-order valence-electron chi connectivity index (χ4n) is 1.83. The molecule has 1 aliphatic rings. The Balaban J connectivity index is 2.02. The van der Waals surface area contributed by atoms with Crippen LogP contribution in [0.1, 0.15) is 25.1 Å². The monoisotopic (exact) mass is 181 g/mol. The molecule has 13 heavy (non-hydrogen) atoms. The molecule has 0 amide bonds. The molecule has 0 radical (unpaired) electrons. The van der Waals surface area contributed by atoms with Crippen LogP contribution < -0.4 is 0 Å². The van der Waals surface area contributed by atoms with Crippen molar-refractivity contribution in [3.05, 3.63) is 24.2 Å². The Labute approximate surface area is 78.0 Å². The van der Waals surface area contributed by atoms with Gasteiger partial charge in [-0.3, -0.25) is 4.90 Å². The molecule has 0 spiro atoms. The molecule has 0 saturated carbocycles. The summed E-state index contributed by atoms with van der Waals surface area (Å²) >= 11 is 0. The molecule has 2 heterocycles. The smallest absolute Gasteiger partial charge is 0.120 e. The summed E-state index contributed by atoms with van der Waals surface area (Å²) in [6.45, 7) is 3.84. The summed E-state index contributed by atoms with van der Waals surface area (Å²) in [7, 11) is 0. The van der Waals surface area contributed by atoms with Gasteiger partial charge in [-0.05, 0) is 25.5 Å². The summed E-state index contributed by atoms with van der Waals surface area (Å²) in [5.74, 6) is 0.981. The molecule has 0 aliphatic carbocycles. The number of likely N-dealkylation sites (tertiary alicyclic amines) is 1. The largest absolute Gasteiger partial charge is 0.468 e. The first-order valence-corrected chi connectivity index (χ1v) is 4.73. The molecule has 0 aromatic carbocycles. The first-order chi connectivity index (χ1) is 6.27. The molecule has 1 aromatic rings. The van der Waals surface area contributed by atoms with Gasteiger partial charge in [0.05, 0.1) is 18.4 Å². The van der Waals surface area contributed by atoms with Gasteiger partial charge in [0.15, 0.2) is 0 Å². The molecule has 3 heteroatoms. The average Bonchev–Trinajstić information content (AvgIpc) is 2.72. The SMILES string of the molecule is CC(c1ccco1)N1CCC(O)C1. The van der Waals surface area contributed by atoms with Crippen molar-refractivity contribution in [2.75, 3.05) is 13.1 Å². The van der Waals surface area contributed by atoms with E-state index < -0.39 is 0 Å². The maximum Gasteiger partial charge on any atom is 0.120 e. The van der Waals surface area contributed by atoms with Gasteiger partial charge in [-0.15, -0.1) is 0 Å². The zero-order valence-corrected chi connectivity index (χ0v) is 7.81. The maximum atomic E-state index is 9.37. The third-order valence-corrected chi connectivity index (χ3v) is 2.70. The summed E-state index contributed by atoms with van der Waals surface area (Å²) in [6, 6.07) is 4.17. The van der Waals surface area contributed by atoms with Crippen LogP contribution in [0, 0.1) is 0 Å². The molecule has 0 bridgehead atoms. The minimum Gasteiger partial charge on any atom is -0.468 e. The van der Waals surface area contributed by atoms with Crippen molar-refractivity contribution in [2.45, 2.75) is 25.5 Å². The van der Waals surface area contributed by atoms with Gasteiger partial charge in [0.2, 0.25) is 0 Å². The maximum absolute atomic E-state index is 9.37. The van der Waals surface area contributed by atoms with Gasteiger partial charge in [0.1, 0.15) is 5.76 Å². The summed E-state index contributed by atoms with van der Waals surface area (Å²) < 4.78 is 5.32. The molecular formula is C10H15NO2. The van der Waals surface area contributed by atoms with Crippen LogP contribution in [0.15, 0.2) is 22.8 Å². The van der Waals surface area contributed by atoms with Crippen molar-refractivity contribution >= 4 is 0 Å². The molecule has 1 saturated heterocycles. The van der Waals surface area contributed by atoms with Crippen molar-refractivity contribution in [3.8, 4) is 0 Å². The average molecular weight is 181 g/mol. The van der Waals surface area contributed by atoms with E-state index in [9.17, 15) is 5.11 Å². The van der Waals surface area contributed by atoms with Gasteiger partial charge >= 0.3 is 0 Å². The normalized spacial score (nSPS) is 26.5. The minimum absolute atomic E-state index is 0.155. The summed E-state index contributed by atoms with van der Waals surface area (Å²) in [5, 5.41) is 9.37. The molecule has 72 valence electrons. The molecule has 1 N–H and O–H groups in total. The number of hydrogen-bond acceptors (Lipinski definition) is 3. The van der Waals surface area contributed by atoms with Crippen LogP contribution in [0.5, 0.6) is 0 Å². The molecule has 1 aromatic heterocycles. The predicted molar refractivity (Wildman–Crippen MR) is 49.3 cm³/mol. The summed E-state index contributed by atoms with van der Waals surface area (Å²) in [5.41, 5.74) is 0. The molecule has 1 aliphatic heterocycles.